The number of hydrogen-bond donors (Lipinski definition) is 2. The number of ketones is 1. The molecule has 7 heteroatoms. The Bertz CT molecular complexity index is 1390. The number of nitrogens with zero attached hydrogens (tertiary/aromatic N) is 2. The quantitative estimate of drug-likeness (QED) is 0.445. The van der Waals surface area contributed by atoms with Crippen molar-refractivity contribution in [3.05, 3.63) is 94.2 Å². The van der Waals surface area contributed by atoms with Crippen LogP contribution < -0.4 is 10.6 Å². The summed E-state index contributed by atoms with van der Waals surface area (Å²) in [4.78, 5) is 41.9. The second-order valence-corrected chi connectivity index (χ2v) is 11.4. The molecule has 0 aromatic heterocycles. The fourth-order valence-corrected chi connectivity index (χ4v) is 5.06. The molecule has 2 aromatic carbocycles. The van der Waals surface area contributed by atoms with Gasteiger partial charge < -0.3 is 20.4 Å². The highest BCUT2D eigenvalue weighted by atomic mass is 16.2. The number of amides is 2. The maximum absolute atomic E-state index is 13.2. The Morgan fingerprint density at radius 3 is 2.52 bits per heavy atom. The van der Waals surface area contributed by atoms with Crippen LogP contribution in [-0.4, -0.2) is 67.2 Å². The summed E-state index contributed by atoms with van der Waals surface area (Å²) in [5.74, 6) is 0.259. The Balaban J connectivity index is 1.42. The van der Waals surface area contributed by atoms with E-state index in [1.54, 1.807) is 11.0 Å². The molecule has 4 rings (SSSR count). The molecule has 40 heavy (non-hydrogen) atoms. The van der Waals surface area contributed by atoms with Gasteiger partial charge in [0.1, 0.15) is 0 Å². The Labute approximate surface area is 237 Å². The van der Waals surface area contributed by atoms with Gasteiger partial charge in [-0.05, 0) is 92.0 Å². The first kappa shape index (κ1) is 29.0. The minimum absolute atomic E-state index is 0.0129. The molecule has 2 aromatic rings. The Hall–Kier alpha value is -3.97. The first-order valence-electron chi connectivity index (χ1n) is 13.9. The summed E-state index contributed by atoms with van der Waals surface area (Å²) in [5, 5.41) is 6.36. The molecule has 2 N–H and O–H groups in total. The van der Waals surface area contributed by atoms with E-state index in [1.807, 2.05) is 74.5 Å². The lowest BCUT2D eigenvalue weighted by Gasteiger charge is -2.40. The topological polar surface area (TPSA) is 81.8 Å². The van der Waals surface area contributed by atoms with Crippen molar-refractivity contribution in [2.45, 2.75) is 46.1 Å². The molecule has 1 fully saturated rings. The predicted octanol–water partition coefficient (Wildman–Crippen LogP) is 4.84. The van der Waals surface area contributed by atoms with E-state index in [9.17, 15) is 14.4 Å². The second-order valence-electron chi connectivity index (χ2n) is 11.4. The smallest absolute Gasteiger partial charge is 0.255 e. The fourth-order valence-electron chi connectivity index (χ4n) is 5.06. The molecule has 0 spiro atoms. The number of anilines is 1. The summed E-state index contributed by atoms with van der Waals surface area (Å²) in [6.07, 6.45) is 7.51. The number of likely N-dealkylation sites (N-methyl/N-ethyl adjacent to an activating group) is 1. The number of allylic oxidation sites excluding steroid dienone is 4. The third-order valence-corrected chi connectivity index (χ3v) is 7.21. The van der Waals surface area contributed by atoms with Crippen molar-refractivity contribution in [3.63, 3.8) is 0 Å². The van der Waals surface area contributed by atoms with E-state index in [1.165, 1.54) is 5.56 Å². The van der Waals surface area contributed by atoms with Gasteiger partial charge in [0.05, 0.1) is 11.7 Å². The molecule has 0 bridgehead atoms. The zero-order chi connectivity index (χ0) is 29.0. The number of nitrogens with one attached hydrogen (secondary N) is 2. The molecular weight excluding hydrogens is 500 g/mol. The van der Waals surface area contributed by atoms with Gasteiger partial charge in [0.15, 0.2) is 5.78 Å². The number of aryl methyl sites for hydroxylation is 2. The summed E-state index contributed by atoms with van der Waals surface area (Å²) >= 11 is 0. The van der Waals surface area contributed by atoms with Gasteiger partial charge in [0.2, 0.25) is 5.91 Å². The molecule has 210 valence electrons. The highest BCUT2D eigenvalue weighted by Crippen LogP contribution is 2.27. The molecule has 0 atom stereocenters. The Morgan fingerprint density at radius 1 is 1.10 bits per heavy atom. The van der Waals surface area contributed by atoms with Crippen LogP contribution in [0, 0.1) is 13.8 Å². The summed E-state index contributed by atoms with van der Waals surface area (Å²) in [6, 6.07) is 11.8. The van der Waals surface area contributed by atoms with Gasteiger partial charge in [0, 0.05) is 43.4 Å². The van der Waals surface area contributed by atoms with Crippen LogP contribution >= 0.6 is 0 Å². The SMILES string of the molecule is Cc1cc(C(=O)Nc2ccc(C(C)C)c(C)c2)cc(C2=CCC(=O)C(NC3CN(C(=O)/C=C/CN(C)C)C3)=C2)c1. The Kier molecular flexibility index (Phi) is 9.05. The van der Waals surface area contributed by atoms with Crippen LogP contribution in [0.4, 0.5) is 5.69 Å². The standard InChI is InChI=1S/C33H40N4O3/c1-21(2)29-11-10-27(16-23(29)4)35-33(40)26-15-22(3)14-25(17-26)24-9-12-31(38)30(18-24)34-28-19-37(20-28)32(39)8-7-13-36(5)6/h7-11,14-18,21,28,34H,12-13,19-20H2,1-6H3,(H,35,40)/b8-7+. The van der Waals surface area contributed by atoms with E-state index >= 15 is 0 Å². The first-order valence-corrected chi connectivity index (χ1v) is 13.9. The zero-order valence-electron chi connectivity index (χ0n) is 24.4. The minimum Gasteiger partial charge on any atom is -0.376 e. The molecule has 2 aliphatic rings. The van der Waals surface area contributed by atoms with Crippen LogP contribution in [0.3, 0.4) is 0 Å². The predicted molar refractivity (Wildman–Crippen MR) is 161 cm³/mol. The van der Waals surface area contributed by atoms with Crippen LogP contribution in [0.2, 0.25) is 0 Å². The van der Waals surface area contributed by atoms with E-state index in [-0.39, 0.29) is 30.1 Å². The van der Waals surface area contributed by atoms with E-state index in [0.717, 1.165) is 28.0 Å². The number of carbonyl (C=O) groups is 3. The van der Waals surface area contributed by atoms with Crippen molar-refractivity contribution in [2.75, 3.05) is 39.0 Å². The van der Waals surface area contributed by atoms with Gasteiger partial charge in [-0.2, -0.15) is 0 Å². The lowest BCUT2D eigenvalue weighted by Crippen LogP contribution is -2.59. The second kappa shape index (κ2) is 12.5. The number of likely N-dealkylation sites (tertiary alicyclic amines) is 1. The van der Waals surface area contributed by atoms with Gasteiger partial charge in [0.25, 0.3) is 5.91 Å². The highest BCUT2D eigenvalue weighted by molar-refractivity contribution is 6.06. The summed E-state index contributed by atoms with van der Waals surface area (Å²) in [6.45, 7) is 10.2. The number of hydrogen-bond acceptors (Lipinski definition) is 5. The fraction of sp³-hybridized carbons (Fsp3) is 0.364. The third-order valence-electron chi connectivity index (χ3n) is 7.21. The molecule has 0 saturated carbocycles. The van der Waals surface area contributed by atoms with Gasteiger partial charge >= 0.3 is 0 Å². The van der Waals surface area contributed by atoms with Gasteiger partial charge in [-0.25, -0.2) is 0 Å². The molecule has 0 unspecified atom stereocenters. The van der Waals surface area contributed by atoms with Gasteiger partial charge in [-0.15, -0.1) is 0 Å². The van der Waals surface area contributed by atoms with Crippen molar-refractivity contribution in [2.24, 2.45) is 0 Å². The van der Waals surface area contributed by atoms with E-state index in [4.69, 9.17) is 0 Å². The number of rotatable bonds is 9. The van der Waals surface area contributed by atoms with Gasteiger partial charge in [-0.1, -0.05) is 38.1 Å². The highest BCUT2D eigenvalue weighted by Gasteiger charge is 2.31. The average Bonchev–Trinajstić information content (AvgIpc) is 2.86. The van der Waals surface area contributed by atoms with Crippen LogP contribution in [0.1, 0.15) is 58.8 Å². The largest absolute Gasteiger partial charge is 0.376 e. The maximum atomic E-state index is 13.2. The monoisotopic (exact) mass is 540 g/mol. The van der Waals surface area contributed by atoms with Gasteiger partial charge in [-0.3, -0.25) is 14.4 Å². The third kappa shape index (κ3) is 7.16. The minimum atomic E-state index is -0.171. The summed E-state index contributed by atoms with van der Waals surface area (Å²) in [7, 11) is 3.91. The van der Waals surface area contributed by atoms with Crippen molar-refractivity contribution < 1.29 is 14.4 Å². The van der Waals surface area contributed by atoms with Crippen molar-refractivity contribution in [3.8, 4) is 0 Å². The van der Waals surface area contributed by atoms with E-state index in [0.29, 0.717) is 36.8 Å². The molecule has 1 aliphatic heterocycles. The van der Waals surface area contributed by atoms with Crippen LogP contribution in [0.25, 0.3) is 5.57 Å². The van der Waals surface area contributed by atoms with E-state index < -0.39 is 0 Å². The molecule has 1 heterocycles. The molecule has 7 nitrogen and oxygen atoms in total. The molecule has 1 aliphatic carbocycles. The maximum Gasteiger partial charge on any atom is 0.255 e. The van der Waals surface area contributed by atoms with Crippen LogP contribution in [-0.2, 0) is 9.59 Å². The number of Topliss-reactive ketones (excluding diaryl/α,β-unsaturated/α-hetero) is 1. The average molecular weight is 541 g/mol. The number of benzene rings is 2. The van der Waals surface area contributed by atoms with Crippen LogP contribution in [0.15, 0.2) is 66.4 Å². The number of carbonyl (C=O) groups excluding carboxylic acids is 3. The zero-order valence-corrected chi connectivity index (χ0v) is 24.4. The normalized spacial score (nSPS) is 15.8. The lowest BCUT2D eigenvalue weighted by atomic mass is 9.93. The molecule has 0 radical (unpaired) electrons. The summed E-state index contributed by atoms with van der Waals surface area (Å²) < 4.78 is 0. The molecule has 1 saturated heterocycles. The lowest BCUT2D eigenvalue weighted by molar-refractivity contribution is -0.130. The molecule has 2 amide bonds. The van der Waals surface area contributed by atoms with Crippen molar-refractivity contribution >= 4 is 28.9 Å². The summed E-state index contributed by atoms with van der Waals surface area (Å²) in [5.41, 5.74) is 7.05. The van der Waals surface area contributed by atoms with Crippen molar-refractivity contribution in [1.29, 1.82) is 0 Å². The van der Waals surface area contributed by atoms with E-state index in [2.05, 4.69) is 37.5 Å². The Morgan fingerprint density at radius 2 is 1.85 bits per heavy atom. The molecular formula is C33H40N4O3. The first-order chi connectivity index (χ1) is 19.0. The van der Waals surface area contributed by atoms with Crippen LogP contribution in [0.5, 0.6) is 0 Å². The van der Waals surface area contributed by atoms with Crippen molar-refractivity contribution in [1.82, 2.24) is 15.1 Å².